The molecule has 1 fully saturated rings. The molecule has 1 aromatic heterocycles. The molecule has 2 amide bonds. The number of nitrogens with zero attached hydrogens (tertiary/aromatic N) is 1. The fourth-order valence-electron chi connectivity index (χ4n) is 3.04. The number of ether oxygens (including phenoxy) is 1. The Hall–Kier alpha value is -2.76. The predicted molar refractivity (Wildman–Crippen MR) is 99.9 cm³/mol. The molecule has 3 rings (SSSR count). The molecule has 1 saturated heterocycles. The van der Waals surface area contributed by atoms with Crippen LogP contribution in [0.4, 0.5) is 4.79 Å². The van der Waals surface area contributed by atoms with Crippen LogP contribution in [-0.2, 0) is 4.74 Å². The van der Waals surface area contributed by atoms with Crippen molar-refractivity contribution in [1.82, 2.24) is 15.2 Å². The van der Waals surface area contributed by atoms with E-state index >= 15 is 0 Å². The number of aromatic nitrogens is 1. The number of benzene rings is 1. The van der Waals surface area contributed by atoms with Gasteiger partial charge in [-0.05, 0) is 38.8 Å². The van der Waals surface area contributed by atoms with E-state index in [1.165, 1.54) is 0 Å². The maximum Gasteiger partial charge on any atom is 0.410 e. The average Bonchev–Trinajstić information content (AvgIpc) is 3.23. The summed E-state index contributed by atoms with van der Waals surface area (Å²) < 4.78 is 5.39. The van der Waals surface area contributed by atoms with Crippen molar-refractivity contribution in [3.63, 3.8) is 0 Å². The van der Waals surface area contributed by atoms with Crippen LogP contribution in [0.3, 0.4) is 0 Å². The van der Waals surface area contributed by atoms with Gasteiger partial charge in [0.25, 0.3) is 5.91 Å². The first-order valence-electron chi connectivity index (χ1n) is 8.85. The third-order valence-electron chi connectivity index (χ3n) is 4.23. The topological polar surface area (TPSA) is 74.4 Å². The molecule has 0 unspecified atom stereocenters. The molecule has 2 aromatic rings. The number of carbonyl (C=O) groups is 2. The van der Waals surface area contributed by atoms with Gasteiger partial charge in [-0.3, -0.25) is 4.79 Å². The minimum Gasteiger partial charge on any atom is -0.444 e. The highest BCUT2D eigenvalue weighted by molar-refractivity contribution is 6.00. The van der Waals surface area contributed by atoms with Gasteiger partial charge in [0.2, 0.25) is 0 Å². The van der Waals surface area contributed by atoms with Crippen molar-refractivity contribution in [2.45, 2.75) is 38.8 Å². The van der Waals surface area contributed by atoms with Crippen LogP contribution in [-0.4, -0.2) is 46.6 Å². The summed E-state index contributed by atoms with van der Waals surface area (Å²) in [5.74, 6) is -0.138. The number of hydrogen-bond acceptors (Lipinski definition) is 3. The lowest BCUT2D eigenvalue weighted by atomic mass is 10.1. The summed E-state index contributed by atoms with van der Waals surface area (Å²) in [5, 5.41) is 3.03. The second kappa shape index (κ2) is 7.23. The number of hydrogen-bond donors (Lipinski definition) is 2. The Balaban J connectivity index is 1.62. The van der Waals surface area contributed by atoms with E-state index in [9.17, 15) is 9.59 Å². The fraction of sp³-hybridized carbons (Fsp3) is 0.400. The molecule has 26 heavy (non-hydrogen) atoms. The highest BCUT2D eigenvalue weighted by atomic mass is 16.6. The Morgan fingerprint density at radius 1 is 1.19 bits per heavy atom. The van der Waals surface area contributed by atoms with Crippen LogP contribution in [0.5, 0.6) is 0 Å². The molecule has 1 aliphatic rings. The lowest BCUT2D eigenvalue weighted by Gasteiger charge is -2.24. The second-order valence-electron chi connectivity index (χ2n) is 7.52. The van der Waals surface area contributed by atoms with Crippen LogP contribution in [0.2, 0.25) is 0 Å². The van der Waals surface area contributed by atoms with Gasteiger partial charge in [-0.1, -0.05) is 30.3 Å². The highest BCUT2D eigenvalue weighted by Gasteiger charge is 2.31. The summed E-state index contributed by atoms with van der Waals surface area (Å²) in [6.07, 6.45) is 2.15. The molecule has 0 radical (unpaired) electrons. The minimum atomic E-state index is -0.520. The molecular formula is C20H25N3O3. The highest BCUT2D eigenvalue weighted by Crippen LogP contribution is 2.22. The molecular weight excluding hydrogens is 330 g/mol. The van der Waals surface area contributed by atoms with E-state index in [0.717, 1.165) is 17.7 Å². The molecule has 2 heterocycles. The van der Waals surface area contributed by atoms with Crippen molar-refractivity contribution >= 4 is 12.0 Å². The number of aromatic amines is 1. The second-order valence-corrected chi connectivity index (χ2v) is 7.52. The van der Waals surface area contributed by atoms with Crippen LogP contribution in [0.25, 0.3) is 11.3 Å². The quantitative estimate of drug-likeness (QED) is 0.886. The van der Waals surface area contributed by atoms with E-state index in [1.54, 1.807) is 17.2 Å². The number of rotatable bonds is 3. The van der Waals surface area contributed by atoms with E-state index in [2.05, 4.69) is 10.3 Å². The minimum absolute atomic E-state index is 0.0754. The first kappa shape index (κ1) is 18.0. The zero-order valence-electron chi connectivity index (χ0n) is 15.4. The van der Waals surface area contributed by atoms with E-state index in [1.807, 2.05) is 51.1 Å². The average molecular weight is 355 g/mol. The Bertz CT molecular complexity index is 777. The summed E-state index contributed by atoms with van der Waals surface area (Å²) in [6, 6.07) is 11.4. The number of carbonyl (C=O) groups excluding carboxylic acids is 2. The zero-order chi connectivity index (χ0) is 18.7. The molecule has 6 heteroatoms. The van der Waals surface area contributed by atoms with Gasteiger partial charge in [-0.15, -0.1) is 0 Å². The monoisotopic (exact) mass is 355 g/mol. The van der Waals surface area contributed by atoms with Crippen molar-refractivity contribution in [1.29, 1.82) is 0 Å². The van der Waals surface area contributed by atoms with Crippen molar-refractivity contribution in [3.05, 3.63) is 48.2 Å². The molecule has 6 nitrogen and oxygen atoms in total. The van der Waals surface area contributed by atoms with Crippen LogP contribution in [0.15, 0.2) is 42.6 Å². The number of H-pyrrole nitrogens is 1. The molecule has 1 aliphatic heterocycles. The SMILES string of the molecule is CC(C)(C)OC(=O)N1CC[C@@H](NC(=O)c2cc[nH]c2-c2ccccc2)C1. The molecule has 0 aliphatic carbocycles. The van der Waals surface area contributed by atoms with E-state index in [-0.39, 0.29) is 18.0 Å². The Kier molecular flexibility index (Phi) is 5.02. The maximum atomic E-state index is 12.7. The molecule has 0 spiro atoms. The molecule has 2 N–H and O–H groups in total. The molecule has 1 aromatic carbocycles. The van der Waals surface area contributed by atoms with Gasteiger partial charge in [0.1, 0.15) is 5.60 Å². The Morgan fingerprint density at radius 3 is 2.62 bits per heavy atom. The van der Waals surface area contributed by atoms with Gasteiger partial charge >= 0.3 is 6.09 Å². The maximum absolute atomic E-state index is 12.7. The van der Waals surface area contributed by atoms with Crippen LogP contribution in [0, 0.1) is 0 Å². The smallest absolute Gasteiger partial charge is 0.410 e. The first-order chi connectivity index (χ1) is 12.3. The van der Waals surface area contributed by atoms with Crippen molar-refractivity contribution in [2.75, 3.05) is 13.1 Å². The van der Waals surface area contributed by atoms with Crippen LogP contribution in [0.1, 0.15) is 37.6 Å². The van der Waals surface area contributed by atoms with E-state index in [4.69, 9.17) is 4.74 Å². The van der Waals surface area contributed by atoms with Crippen LogP contribution >= 0.6 is 0 Å². The Labute approximate surface area is 153 Å². The third kappa shape index (κ3) is 4.25. The third-order valence-corrected chi connectivity index (χ3v) is 4.23. The fourth-order valence-corrected chi connectivity index (χ4v) is 3.04. The van der Waals surface area contributed by atoms with E-state index < -0.39 is 5.60 Å². The summed E-state index contributed by atoms with van der Waals surface area (Å²) in [5.41, 5.74) is 1.84. The first-order valence-corrected chi connectivity index (χ1v) is 8.85. The van der Waals surface area contributed by atoms with Crippen molar-refractivity contribution < 1.29 is 14.3 Å². The molecule has 1 atom stereocenters. The van der Waals surface area contributed by atoms with Gasteiger partial charge in [-0.25, -0.2) is 4.79 Å². The van der Waals surface area contributed by atoms with Crippen molar-refractivity contribution in [2.24, 2.45) is 0 Å². The van der Waals surface area contributed by atoms with Crippen molar-refractivity contribution in [3.8, 4) is 11.3 Å². The lowest BCUT2D eigenvalue weighted by molar-refractivity contribution is 0.0290. The number of nitrogens with one attached hydrogen (secondary N) is 2. The molecule has 0 saturated carbocycles. The van der Waals surface area contributed by atoms with E-state index in [0.29, 0.717) is 18.7 Å². The van der Waals surface area contributed by atoms with Gasteiger partial charge in [0, 0.05) is 25.3 Å². The molecule has 138 valence electrons. The lowest BCUT2D eigenvalue weighted by Crippen LogP contribution is -2.40. The summed E-state index contributed by atoms with van der Waals surface area (Å²) >= 11 is 0. The van der Waals surface area contributed by atoms with Gasteiger partial charge < -0.3 is 19.9 Å². The predicted octanol–water partition coefficient (Wildman–Crippen LogP) is 3.42. The van der Waals surface area contributed by atoms with Gasteiger partial charge in [0.15, 0.2) is 0 Å². The summed E-state index contributed by atoms with van der Waals surface area (Å²) in [4.78, 5) is 29.6. The largest absolute Gasteiger partial charge is 0.444 e. The molecule has 0 bridgehead atoms. The Morgan fingerprint density at radius 2 is 1.92 bits per heavy atom. The summed E-state index contributed by atoms with van der Waals surface area (Å²) in [6.45, 7) is 6.58. The standard InChI is InChI=1S/C20H25N3O3/c1-20(2,3)26-19(25)23-12-10-15(13-23)22-18(24)16-9-11-21-17(16)14-7-5-4-6-8-14/h4-9,11,15,21H,10,12-13H2,1-3H3,(H,22,24)/t15-/m1/s1. The zero-order valence-corrected chi connectivity index (χ0v) is 15.4. The number of likely N-dealkylation sites (tertiary alicyclic amines) is 1. The van der Waals surface area contributed by atoms with Gasteiger partial charge in [-0.2, -0.15) is 0 Å². The van der Waals surface area contributed by atoms with Crippen LogP contribution < -0.4 is 5.32 Å². The summed E-state index contributed by atoms with van der Waals surface area (Å²) in [7, 11) is 0. The van der Waals surface area contributed by atoms with Gasteiger partial charge in [0.05, 0.1) is 11.3 Å². The number of amides is 2. The normalized spacial score (nSPS) is 17.2.